The van der Waals surface area contributed by atoms with Crippen molar-refractivity contribution in [1.82, 2.24) is 41.3 Å². The molecule has 1 fully saturated rings. The van der Waals surface area contributed by atoms with Crippen LogP contribution < -0.4 is 37.6 Å². The zero-order valence-corrected chi connectivity index (χ0v) is 54.4. The van der Waals surface area contributed by atoms with Crippen molar-refractivity contribution < 1.29 is 62.1 Å². The number of nitrogens with zero attached hydrogens (tertiary/aromatic N) is 3. The maximum Gasteiger partial charge on any atom is 0.408 e. The summed E-state index contributed by atoms with van der Waals surface area (Å²) in [6, 6.07) is 9.87. The van der Waals surface area contributed by atoms with Crippen molar-refractivity contribution in [2.75, 3.05) is 60.4 Å². The predicted molar refractivity (Wildman–Crippen MR) is 334 cm³/mol. The molecule has 486 valence electrons. The van der Waals surface area contributed by atoms with Gasteiger partial charge >= 0.3 is 18.1 Å². The number of ether oxygens (including phenoxy) is 4. The number of alkyl carbamates (subject to hydrolysis) is 1. The molecule has 0 aromatic heterocycles. The molecule has 2 aromatic rings. The molecule has 0 unspecified atom stereocenters. The van der Waals surface area contributed by atoms with Crippen LogP contribution >= 0.6 is 0 Å². The number of nitrogens with two attached hydrogens (primary N) is 1. The summed E-state index contributed by atoms with van der Waals surface area (Å²) in [6.45, 7) is 25.2. The maximum atomic E-state index is 14.8. The number of esters is 1. The number of methoxy groups -OCH3 is 3. The summed E-state index contributed by atoms with van der Waals surface area (Å²) >= 11 is 0. The summed E-state index contributed by atoms with van der Waals surface area (Å²) in [6.07, 6.45) is 0.415. The van der Waals surface area contributed by atoms with E-state index in [1.807, 2.05) is 89.0 Å². The van der Waals surface area contributed by atoms with Gasteiger partial charge in [0.2, 0.25) is 35.4 Å². The number of likely N-dealkylation sites (N-methyl/N-ethyl adjacent to an activating group) is 2. The van der Waals surface area contributed by atoms with Crippen molar-refractivity contribution >= 4 is 59.2 Å². The van der Waals surface area contributed by atoms with Crippen LogP contribution in [0.1, 0.15) is 126 Å². The molecule has 9 amide bonds. The standard InChI is InChI=1S/C64H102N10O13/c1-18-41(8)54(49(84-15)37-50(75)74-34-23-27-48(74)55(85-16)42(9)56(76)69-47(61(81)86-17)36-44-24-20-19-21-25-44)73(14)60(80)52(39(4)5)70-59(79)53(40(6)7)72(13)35-32-43-28-30-45(31-29-43)67-57(77)46(26-22-33-66-62(65)82)68-58(78)51(38(2)3)71-63(83)87-64(10,11)12/h19-21,24-25,28-31,38-40,42,46-49,51-55H,8,18,22-23,26-27,32-37H2,1-7,9-17H3,(H,67,77)(H,68,78)(H,69,76)(H,70,79)(H,71,83)(H3,65,66,82)/t42-,46+,47+,48+,49-,51+,52+,53+,54+,55-/m1/s1. The summed E-state index contributed by atoms with van der Waals surface area (Å²) in [5, 5.41) is 16.7. The van der Waals surface area contributed by atoms with Gasteiger partial charge in [0.1, 0.15) is 29.8 Å². The number of amides is 9. The van der Waals surface area contributed by atoms with Crippen LogP contribution in [0, 0.1) is 23.7 Å². The molecule has 23 nitrogen and oxygen atoms in total. The fourth-order valence-electron chi connectivity index (χ4n) is 11.0. The van der Waals surface area contributed by atoms with Crippen LogP contribution in [0.4, 0.5) is 15.3 Å². The number of likely N-dealkylation sites (tertiary alicyclic amines) is 1. The Morgan fingerprint density at radius 2 is 1.36 bits per heavy atom. The normalized spacial score (nSPS) is 16.5. The Kier molecular flexibility index (Phi) is 30.4. The molecular weight excluding hydrogens is 1120 g/mol. The van der Waals surface area contributed by atoms with Gasteiger partial charge in [0.25, 0.3) is 0 Å². The van der Waals surface area contributed by atoms with Crippen LogP contribution in [0.5, 0.6) is 0 Å². The lowest BCUT2D eigenvalue weighted by Crippen LogP contribution is -2.59. The van der Waals surface area contributed by atoms with E-state index in [4.69, 9.17) is 24.7 Å². The monoisotopic (exact) mass is 1220 g/mol. The zero-order valence-electron chi connectivity index (χ0n) is 54.4. The molecule has 0 spiro atoms. The number of hydrogen-bond donors (Lipinski definition) is 7. The fraction of sp³-hybridized carbons (Fsp3) is 0.641. The second-order valence-corrected chi connectivity index (χ2v) is 24.6. The minimum atomic E-state index is -1.05. The highest BCUT2D eigenvalue weighted by atomic mass is 16.6. The van der Waals surface area contributed by atoms with Gasteiger partial charge in [-0.15, -0.1) is 0 Å². The van der Waals surface area contributed by atoms with Crippen LogP contribution in [-0.2, 0) is 65.4 Å². The highest BCUT2D eigenvalue weighted by Crippen LogP contribution is 2.30. The van der Waals surface area contributed by atoms with Crippen molar-refractivity contribution in [3.63, 3.8) is 0 Å². The third kappa shape index (κ3) is 23.2. The lowest BCUT2D eigenvalue weighted by atomic mass is 9.92. The van der Waals surface area contributed by atoms with E-state index in [1.54, 1.807) is 65.6 Å². The number of carbonyl (C=O) groups excluding carboxylic acids is 9. The molecule has 0 radical (unpaired) electrons. The summed E-state index contributed by atoms with van der Waals surface area (Å²) < 4.78 is 22.4. The Hall–Kier alpha value is -7.11. The maximum absolute atomic E-state index is 14.8. The lowest BCUT2D eigenvalue weighted by Gasteiger charge is -2.39. The number of benzene rings is 2. The molecule has 1 aliphatic rings. The highest BCUT2D eigenvalue weighted by molar-refractivity contribution is 5.98. The molecule has 87 heavy (non-hydrogen) atoms. The highest BCUT2D eigenvalue weighted by Gasteiger charge is 2.43. The van der Waals surface area contributed by atoms with Crippen LogP contribution in [-0.4, -0.2) is 183 Å². The van der Waals surface area contributed by atoms with Gasteiger partial charge in [-0.1, -0.05) is 110 Å². The summed E-state index contributed by atoms with van der Waals surface area (Å²) in [5.41, 5.74) is 7.29. The second kappa shape index (κ2) is 35.6. The van der Waals surface area contributed by atoms with Crippen LogP contribution in [0.25, 0.3) is 0 Å². The molecule has 23 heteroatoms. The molecule has 0 saturated carbocycles. The molecule has 3 rings (SSSR count). The van der Waals surface area contributed by atoms with Gasteiger partial charge in [-0.25, -0.2) is 14.4 Å². The zero-order chi connectivity index (χ0) is 65.5. The number of nitrogens with one attached hydrogen (secondary N) is 6. The molecular formula is C64H102N10O13. The average Bonchev–Trinajstić information content (AvgIpc) is 3.64. The van der Waals surface area contributed by atoms with E-state index in [2.05, 4.69) is 38.5 Å². The first-order valence-electron chi connectivity index (χ1n) is 30.3. The van der Waals surface area contributed by atoms with E-state index in [1.165, 1.54) is 26.2 Å². The minimum absolute atomic E-state index is 0.126. The van der Waals surface area contributed by atoms with Crippen molar-refractivity contribution in [2.24, 2.45) is 29.4 Å². The number of carbonyl (C=O) groups is 9. The van der Waals surface area contributed by atoms with E-state index >= 15 is 0 Å². The van der Waals surface area contributed by atoms with E-state index in [0.29, 0.717) is 56.5 Å². The topological polar surface area (TPSA) is 298 Å². The third-order valence-corrected chi connectivity index (χ3v) is 15.7. The molecule has 2 aromatic carbocycles. The van der Waals surface area contributed by atoms with Crippen molar-refractivity contribution in [3.8, 4) is 0 Å². The molecule has 0 aliphatic carbocycles. The van der Waals surface area contributed by atoms with Crippen molar-refractivity contribution in [3.05, 3.63) is 77.9 Å². The Labute approximate surface area is 516 Å². The molecule has 1 aliphatic heterocycles. The number of hydrogen-bond acceptors (Lipinski definition) is 14. The Balaban J connectivity index is 1.73. The quantitative estimate of drug-likeness (QED) is 0.0259. The smallest absolute Gasteiger partial charge is 0.408 e. The van der Waals surface area contributed by atoms with Gasteiger partial charge in [-0.2, -0.15) is 0 Å². The van der Waals surface area contributed by atoms with Gasteiger partial charge in [-0.3, -0.25) is 33.7 Å². The summed E-state index contributed by atoms with van der Waals surface area (Å²) in [5.74, 6) is -4.74. The Bertz CT molecular complexity index is 2590. The first-order valence-corrected chi connectivity index (χ1v) is 30.3. The molecule has 0 bridgehead atoms. The Morgan fingerprint density at radius 1 is 0.736 bits per heavy atom. The Morgan fingerprint density at radius 3 is 1.90 bits per heavy atom. The number of urea groups is 1. The molecule has 10 atom stereocenters. The van der Waals surface area contributed by atoms with Crippen molar-refractivity contribution in [2.45, 2.75) is 188 Å². The van der Waals surface area contributed by atoms with Crippen molar-refractivity contribution in [1.29, 1.82) is 0 Å². The molecule has 1 saturated heterocycles. The van der Waals surface area contributed by atoms with E-state index < -0.39 is 102 Å². The van der Waals surface area contributed by atoms with Gasteiger partial charge in [0.15, 0.2) is 0 Å². The predicted octanol–water partition coefficient (Wildman–Crippen LogP) is 5.49. The minimum Gasteiger partial charge on any atom is -0.467 e. The molecule has 8 N–H and O–H groups in total. The van der Waals surface area contributed by atoms with Gasteiger partial charge in [0, 0.05) is 53.0 Å². The average molecular weight is 1220 g/mol. The van der Waals surface area contributed by atoms with E-state index in [9.17, 15) is 43.2 Å². The van der Waals surface area contributed by atoms with E-state index in [-0.39, 0.29) is 61.3 Å². The first kappa shape index (κ1) is 74.1. The number of rotatable bonds is 34. The third-order valence-electron chi connectivity index (χ3n) is 15.7. The van der Waals surface area contributed by atoms with Gasteiger partial charge < -0.3 is 66.4 Å². The number of primary amides is 1. The molecule has 1 heterocycles. The van der Waals surface area contributed by atoms with E-state index in [0.717, 1.165) is 11.1 Å². The van der Waals surface area contributed by atoms with Crippen LogP contribution in [0.3, 0.4) is 0 Å². The van der Waals surface area contributed by atoms with Crippen LogP contribution in [0.15, 0.2) is 66.7 Å². The van der Waals surface area contributed by atoms with Gasteiger partial charge in [0.05, 0.1) is 49.8 Å². The van der Waals surface area contributed by atoms with Crippen LogP contribution in [0.2, 0.25) is 0 Å². The van der Waals surface area contributed by atoms with Gasteiger partial charge in [-0.05, 0) is 107 Å². The largest absolute Gasteiger partial charge is 0.467 e. The first-order chi connectivity index (χ1) is 40.9. The summed E-state index contributed by atoms with van der Waals surface area (Å²) in [7, 11) is 7.73. The fourth-order valence-corrected chi connectivity index (χ4v) is 11.0. The lowest BCUT2D eigenvalue weighted by molar-refractivity contribution is -0.147. The number of anilines is 1. The SMILES string of the molecule is C=C(CC)[C@@H]([C@@H](CC(=O)N1CCC[C@H]1[C@H](OC)[C@@H](C)C(=O)N[C@@H](Cc1ccccc1)C(=O)OC)OC)N(C)C(=O)[C@@H](NC(=O)[C@H](C(C)C)N(C)CCc1ccc(NC(=O)[C@H](CCCNC(N)=O)NC(=O)[C@@H](NC(=O)OC(C)(C)C)C(C)C)cc1)C(C)C. The summed E-state index contributed by atoms with van der Waals surface area (Å²) in [4.78, 5) is 127. The second-order valence-electron chi connectivity index (χ2n) is 24.6.